The van der Waals surface area contributed by atoms with E-state index in [2.05, 4.69) is 11.1 Å². The Morgan fingerprint density at radius 3 is 2.75 bits per heavy atom. The van der Waals surface area contributed by atoms with Gasteiger partial charge in [0.1, 0.15) is 5.60 Å². The molecular formula is C16H24N2O2. The molecule has 1 aliphatic rings. The fraction of sp³-hybridized carbons (Fsp3) is 0.625. The number of ether oxygens (including phenoxy) is 1. The summed E-state index contributed by atoms with van der Waals surface area (Å²) >= 11 is 0. The van der Waals surface area contributed by atoms with Crippen LogP contribution in [0.3, 0.4) is 0 Å². The van der Waals surface area contributed by atoms with Gasteiger partial charge in [0.15, 0.2) is 0 Å². The van der Waals surface area contributed by atoms with Gasteiger partial charge < -0.3 is 9.64 Å². The van der Waals surface area contributed by atoms with Gasteiger partial charge in [0, 0.05) is 18.9 Å². The van der Waals surface area contributed by atoms with Crippen LogP contribution in [0.25, 0.3) is 0 Å². The second kappa shape index (κ2) is 5.81. The maximum absolute atomic E-state index is 12.4. The van der Waals surface area contributed by atoms with E-state index in [4.69, 9.17) is 4.74 Å². The van der Waals surface area contributed by atoms with Gasteiger partial charge in [0.2, 0.25) is 0 Å². The number of aryl methyl sites for hydroxylation is 1. The van der Waals surface area contributed by atoms with Gasteiger partial charge in [-0.15, -0.1) is 0 Å². The Balaban J connectivity index is 2.19. The molecule has 1 fully saturated rings. The summed E-state index contributed by atoms with van der Waals surface area (Å²) in [4.78, 5) is 18.5. The molecule has 20 heavy (non-hydrogen) atoms. The first-order chi connectivity index (χ1) is 9.37. The fourth-order valence-corrected chi connectivity index (χ4v) is 2.58. The lowest BCUT2D eigenvalue weighted by Crippen LogP contribution is -2.41. The molecule has 0 spiro atoms. The predicted octanol–water partition coefficient (Wildman–Crippen LogP) is 3.85. The maximum atomic E-state index is 12.4. The summed E-state index contributed by atoms with van der Waals surface area (Å²) in [6.07, 6.45) is 6.63. The topological polar surface area (TPSA) is 42.4 Å². The Bertz CT molecular complexity index is 480. The van der Waals surface area contributed by atoms with Gasteiger partial charge in [-0.25, -0.2) is 4.79 Å². The molecule has 1 aliphatic heterocycles. The summed E-state index contributed by atoms with van der Waals surface area (Å²) in [6.45, 7) is 8.49. The van der Waals surface area contributed by atoms with Crippen molar-refractivity contribution < 1.29 is 9.53 Å². The van der Waals surface area contributed by atoms with E-state index < -0.39 is 5.60 Å². The van der Waals surface area contributed by atoms with Crippen LogP contribution < -0.4 is 0 Å². The fourth-order valence-electron chi connectivity index (χ4n) is 2.58. The minimum absolute atomic E-state index is 0.0889. The molecule has 2 rings (SSSR count). The number of pyridine rings is 1. The molecule has 4 heteroatoms. The van der Waals surface area contributed by atoms with Gasteiger partial charge in [0.25, 0.3) is 0 Å². The van der Waals surface area contributed by atoms with E-state index in [1.54, 1.807) is 0 Å². The molecular weight excluding hydrogens is 252 g/mol. The molecule has 1 amide bonds. The second-order valence-corrected chi connectivity index (χ2v) is 6.48. The molecule has 4 nitrogen and oxygen atoms in total. The molecule has 1 saturated heterocycles. The van der Waals surface area contributed by atoms with E-state index in [9.17, 15) is 4.79 Å². The highest BCUT2D eigenvalue weighted by molar-refractivity contribution is 5.69. The number of likely N-dealkylation sites (tertiary alicyclic amines) is 1. The number of hydrogen-bond donors (Lipinski definition) is 0. The zero-order valence-corrected chi connectivity index (χ0v) is 12.8. The summed E-state index contributed by atoms with van der Waals surface area (Å²) in [5.74, 6) is 0. The monoisotopic (exact) mass is 276 g/mol. The average molecular weight is 276 g/mol. The maximum Gasteiger partial charge on any atom is 0.410 e. The Morgan fingerprint density at radius 1 is 1.35 bits per heavy atom. The predicted molar refractivity (Wildman–Crippen MR) is 78.5 cm³/mol. The third-order valence-electron chi connectivity index (χ3n) is 3.41. The van der Waals surface area contributed by atoms with Crippen molar-refractivity contribution in [2.24, 2.45) is 0 Å². The zero-order valence-electron chi connectivity index (χ0n) is 12.8. The Kier molecular flexibility index (Phi) is 4.31. The standard InChI is InChI=1S/C16H24N2O2/c1-12-9-13(11-17-10-12)14-7-5-6-8-18(14)15(19)20-16(2,3)4/h9-11,14H,5-8H2,1-4H3. The number of amides is 1. The quantitative estimate of drug-likeness (QED) is 0.782. The van der Waals surface area contributed by atoms with Gasteiger partial charge in [-0.3, -0.25) is 4.98 Å². The lowest BCUT2D eigenvalue weighted by molar-refractivity contribution is 0.00947. The normalized spacial score (nSPS) is 19.8. The highest BCUT2D eigenvalue weighted by atomic mass is 16.6. The van der Waals surface area contributed by atoms with Crippen LogP contribution in [0.4, 0.5) is 4.79 Å². The molecule has 1 aromatic heterocycles. The molecule has 0 aliphatic carbocycles. The van der Waals surface area contributed by atoms with Crippen molar-refractivity contribution in [2.75, 3.05) is 6.54 Å². The van der Waals surface area contributed by atoms with Crippen LogP contribution in [0, 0.1) is 6.92 Å². The third-order valence-corrected chi connectivity index (χ3v) is 3.41. The summed E-state index contributed by atoms with van der Waals surface area (Å²) in [6, 6.07) is 2.20. The largest absolute Gasteiger partial charge is 0.444 e. The van der Waals surface area contributed by atoms with E-state index in [0.29, 0.717) is 0 Å². The Hall–Kier alpha value is -1.58. The number of nitrogens with zero attached hydrogens (tertiary/aromatic N) is 2. The van der Waals surface area contributed by atoms with Crippen molar-refractivity contribution in [3.05, 3.63) is 29.6 Å². The molecule has 1 atom stereocenters. The van der Waals surface area contributed by atoms with Crippen LogP contribution in [-0.2, 0) is 4.74 Å². The van der Waals surface area contributed by atoms with Crippen molar-refractivity contribution in [2.45, 2.75) is 58.6 Å². The molecule has 110 valence electrons. The first-order valence-corrected chi connectivity index (χ1v) is 7.28. The van der Waals surface area contributed by atoms with Crippen molar-refractivity contribution in [1.29, 1.82) is 0 Å². The van der Waals surface area contributed by atoms with Crippen LogP contribution in [0.1, 0.15) is 57.2 Å². The molecule has 0 radical (unpaired) electrons. The summed E-state index contributed by atoms with van der Waals surface area (Å²) in [7, 11) is 0. The summed E-state index contributed by atoms with van der Waals surface area (Å²) in [5.41, 5.74) is 1.77. The Morgan fingerprint density at radius 2 is 2.10 bits per heavy atom. The average Bonchev–Trinajstić information content (AvgIpc) is 2.37. The molecule has 1 aromatic rings. The number of piperidine rings is 1. The van der Waals surface area contributed by atoms with Crippen LogP contribution in [0.5, 0.6) is 0 Å². The van der Waals surface area contributed by atoms with Crippen molar-refractivity contribution in [3.8, 4) is 0 Å². The van der Waals surface area contributed by atoms with Crippen molar-refractivity contribution >= 4 is 6.09 Å². The smallest absolute Gasteiger partial charge is 0.410 e. The minimum atomic E-state index is -0.454. The zero-order chi connectivity index (χ0) is 14.8. The van der Waals surface area contributed by atoms with Gasteiger partial charge in [0.05, 0.1) is 6.04 Å². The lowest BCUT2D eigenvalue weighted by Gasteiger charge is -2.37. The van der Waals surface area contributed by atoms with E-state index >= 15 is 0 Å². The molecule has 0 bridgehead atoms. The molecule has 0 saturated carbocycles. The first kappa shape index (κ1) is 14.8. The SMILES string of the molecule is Cc1cncc(C2CCCCN2C(=O)OC(C)(C)C)c1. The Labute approximate surface area is 121 Å². The molecule has 0 N–H and O–H groups in total. The van der Waals surface area contributed by atoms with Crippen molar-refractivity contribution in [3.63, 3.8) is 0 Å². The van der Waals surface area contributed by atoms with Crippen LogP contribution in [-0.4, -0.2) is 28.1 Å². The van der Waals surface area contributed by atoms with Crippen LogP contribution in [0.2, 0.25) is 0 Å². The van der Waals surface area contributed by atoms with Gasteiger partial charge >= 0.3 is 6.09 Å². The van der Waals surface area contributed by atoms with E-state index in [1.165, 1.54) is 0 Å². The van der Waals surface area contributed by atoms with Gasteiger partial charge in [-0.2, -0.15) is 0 Å². The highest BCUT2D eigenvalue weighted by Gasteiger charge is 2.31. The summed E-state index contributed by atoms with van der Waals surface area (Å²) in [5, 5.41) is 0. The van der Waals surface area contributed by atoms with Crippen LogP contribution in [0.15, 0.2) is 18.5 Å². The van der Waals surface area contributed by atoms with Gasteiger partial charge in [-0.05, 0) is 58.1 Å². The third kappa shape index (κ3) is 3.71. The number of carbonyl (C=O) groups is 1. The molecule has 2 heterocycles. The number of hydrogen-bond acceptors (Lipinski definition) is 3. The number of aromatic nitrogens is 1. The minimum Gasteiger partial charge on any atom is -0.444 e. The van der Waals surface area contributed by atoms with E-state index in [-0.39, 0.29) is 12.1 Å². The van der Waals surface area contributed by atoms with Crippen LogP contribution >= 0.6 is 0 Å². The number of rotatable bonds is 1. The van der Waals surface area contributed by atoms with Crippen molar-refractivity contribution in [1.82, 2.24) is 9.88 Å². The summed E-state index contributed by atoms with van der Waals surface area (Å²) < 4.78 is 5.53. The lowest BCUT2D eigenvalue weighted by atomic mass is 9.96. The van der Waals surface area contributed by atoms with E-state index in [0.717, 1.165) is 36.9 Å². The van der Waals surface area contributed by atoms with E-state index in [1.807, 2.05) is 45.0 Å². The molecule has 1 unspecified atom stereocenters. The second-order valence-electron chi connectivity index (χ2n) is 6.48. The number of carbonyl (C=O) groups excluding carboxylic acids is 1. The first-order valence-electron chi connectivity index (χ1n) is 7.28. The van der Waals surface area contributed by atoms with Gasteiger partial charge in [-0.1, -0.05) is 6.07 Å². The molecule has 0 aromatic carbocycles. The highest BCUT2D eigenvalue weighted by Crippen LogP contribution is 2.32.